The fourth-order valence-corrected chi connectivity index (χ4v) is 1.74. The number of nitrogens with zero attached hydrogens (tertiary/aromatic N) is 1. The molecular weight excluding hydrogens is 164 g/mol. The smallest absolute Gasteiger partial charge is 0.0536 e. The Morgan fingerprint density at radius 3 is 3.15 bits per heavy atom. The molecule has 1 aromatic heterocycles. The van der Waals surface area contributed by atoms with E-state index in [4.69, 9.17) is 10.5 Å². The van der Waals surface area contributed by atoms with E-state index >= 15 is 0 Å². The Morgan fingerprint density at radius 2 is 2.46 bits per heavy atom. The summed E-state index contributed by atoms with van der Waals surface area (Å²) in [5, 5.41) is 0. The molecule has 2 N–H and O–H groups in total. The van der Waals surface area contributed by atoms with E-state index in [2.05, 4.69) is 4.98 Å². The lowest BCUT2D eigenvalue weighted by atomic mass is 9.94. The molecule has 3 heteroatoms. The number of aromatic nitrogens is 1. The summed E-state index contributed by atoms with van der Waals surface area (Å²) >= 11 is 0. The van der Waals surface area contributed by atoms with Crippen molar-refractivity contribution in [2.75, 3.05) is 18.9 Å². The van der Waals surface area contributed by atoms with Crippen molar-refractivity contribution in [2.45, 2.75) is 18.8 Å². The number of hydrogen-bond donors (Lipinski definition) is 1. The summed E-state index contributed by atoms with van der Waals surface area (Å²) in [5.74, 6) is 0.447. The standard InChI is InChI=1S/C10H14N2O/c11-10-3-4-12-6-9(10)8-2-1-5-13-7-8/h3-4,6,8H,1-2,5,7H2,(H2,11,12). The van der Waals surface area contributed by atoms with Crippen molar-refractivity contribution in [1.29, 1.82) is 0 Å². The molecule has 1 atom stereocenters. The van der Waals surface area contributed by atoms with Gasteiger partial charge in [0.05, 0.1) is 6.61 Å². The number of pyridine rings is 1. The van der Waals surface area contributed by atoms with Crippen molar-refractivity contribution in [3.05, 3.63) is 24.0 Å². The van der Waals surface area contributed by atoms with Gasteiger partial charge in [-0.25, -0.2) is 0 Å². The third-order valence-electron chi connectivity index (χ3n) is 2.49. The van der Waals surface area contributed by atoms with E-state index in [-0.39, 0.29) is 0 Å². The first kappa shape index (κ1) is 8.51. The van der Waals surface area contributed by atoms with Crippen LogP contribution in [0.1, 0.15) is 24.3 Å². The van der Waals surface area contributed by atoms with E-state index in [0.29, 0.717) is 5.92 Å². The summed E-state index contributed by atoms with van der Waals surface area (Å²) in [4.78, 5) is 4.09. The Kier molecular flexibility index (Phi) is 2.45. The minimum Gasteiger partial charge on any atom is -0.398 e. The van der Waals surface area contributed by atoms with Crippen LogP contribution in [-0.4, -0.2) is 18.2 Å². The highest BCUT2D eigenvalue weighted by molar-refractivity contribution is 5.46. The van der Waals surface area contributed by atoms with Crippen molar-refractivity contribution in [3.8, 4) is 0 Å². The van der Waals surface area contributed by atoms with Gasteiger partial charge in [0, 0.05) is 30.6 Å². The van der Waals surface area contributed by atoms with Gasteiger partial charge in [-0.15, -0.1) is 0 Å². The quantitative estimate of drug-likeness (QED) is 0.710. The Hall–Kier alpha value is -1.09. The van der Waals surface area contributed by atoms with Gasteiger partial charge in [0.2, 0.25) is 0 Å². The Bertz CT molecular complexity index is 282. The highest BCUT2D eigenvalue weighted by Crippen LogP contribution is 2.28. The van der Waals surface area contributed by atoms with E-state index in [0.717, 1.165) is 37.3 Å². The summed E-state index contributed by atoms with van der Waals surface area (Å²) in [6.45, 7) is 1.67. The molecule has 70 valence electrons. The van der Waals surface area contributed by atoms with Crippen molar-refractivity contribution in [2.24, 2.45) is 0 Å². The topological polar surface area (TPSA) is 48.1 Å². The third kappa shape index (κ3) is 1.80. The Morgan fingerprint density at radius 1 is 1.54 bits per heavy atom. The molecule has 3 nitrogen and oxygen atoms in total. The molecule has 2 rings (SSSR count). The van der Waals surface area contributed by atoms with Crippen LogP contribution in [-0.2, 0) is 4.74 Å². The highest BCUT2D eigenvalue weighted by Gasteiger charge is 2.17. The first-order valence-electron chi connectivity index (χ1n) is 4.65. The molecule has 1 aliphatic rings. The maximum atomic E-state index is 5.86. The average molecular weight is 178 g/mol. The van der Waals surface area contributed by atoms with E-state index < -0.39 is 0 Å². The summed E-state index contributed by atoms with van der Waals surface area (Å²) in [6.07, 6.45) is 5.87. The second-order valence-corrected chi connectivity index (χ2v) is 3.42. The molecule has 0 saturated carbocycles. The molecule has 2 heterocycles. The van der Waals surface area contributed by atoms with Crippen LogP contribution in [0.3, 0.4) is 0 Å². The molecule has 0 radical (unpaired) electrons. The van der Waals surface area contributed by atoms with E-state index in [1.165, 1.54) is 0 Å². The minimum absolute atomic E-state index is 0.447. The van der Waals surface area contributed by atoms with Crippen LogP contribution in [0.15, 0.2) is 18.5 Å². The minimum atomic E-state index is 0.447. The molecule has 0 spiro atoms. The first-order chi connectivity index (χ1) is 6.38. The molecule has 1 unspecified atom stereocenters. The zero-order chi connectivity index (χ0) is 9.10. The van der Waals surface area contributed by atoms with Crippen molar-refractivity contribution < 1.29 is 4.74 Å². The van der Waals surface area contributed by atoms with Crippen LogP contribution in [0.25, 0.3) is 0 Å². The largest absolute Gasteiger partial charge is 0.398 e. The van der Waals surface area contributed by atoms with E-state index in [1.54, 1.807) is 6.20 Å². The van der Waals surface area contributed by atoms with Gasteiger partial charge in [0.15, 0.2) is 0 Å². The van der Waals surface area contributed by atoms with Crippen molar-refractivity contribution >= 4 is 5.69 Å². The molecule has 0 amide bonds. The van der Waals surface area contributed by atoms with Gasteiger partial charge >= 0.3 is 0 Å². The Labute approximate surface area is 77.9 Å². The molecule has 1 aliphatic heterocycles. The lowest BCUT2D eigenvalue weighted by molar-refractivity contribution is 0.0805. The molecular formula is C10H14N2O. The van der Waals surface area contributed by atoms with Crippen LogP contribution >= 0.6 is 0 Å². The van der Waals surface area contributed by atoms with Crippen molar-refractivity contribution in [3.63, 3.8) is 0 Å². The zero-order valence-corrected chi connectivity index (χ0v) is 7.57. The zero-order valence-electron chi connectivity index (χ0n) is 7.57. The fraction of sp³-hybridized carbons (Fsp3) is 0.500. The number of anilines is 1. The molecule has 1 fully saturated rings. The molecule has 1 saturated heterocycles. The monoisotopic (exact) mass is 178 g/mol. The fourth-order valence-electron chi connectivity index (χ4n) is 1.74. The number of nitrogen functional groups attached to an aromatic ring is 1. The number of rotatable bonds is 1. The number of ether oxygens (including phenoxy) is 1. The van der Waals surface area contributed by atoms with Crippen molar-refractivity contribution in [1.82, 2.24) is 4.98 Å². The van der Waals surface area contributed by atoms with Gasteiger partial charge in [-0.3, -0.25) is 4.98 Å². The van der Waals surface area contributed by atoms with E-state index in [1.807, 2.05) is 12.3 Å². The number of nitrogens with two attached hydrogens (primary N) is 1. The van der Waals surface area contributed by atoms with Crippen LogP contribution < -0.4 is 5.73 Å². The predicted molar refractivity (Wildman–Crippen MR) is 51.4 cm³/mol. The molecule has 13 heavy (non-hydrogen) atoms. The van der Waals surface area contributed by atoms with Gasteiger partial charge in [-0.1, -0.05) is 0 Å². The second-order valence-electron chi connectivity index (χ2n) is 3.42. The SMILES string of the molecule is Nc1ccncc1C1CCCOC1. The van der Waals surface area contributed by atoms with Crippen LogP contribution in [0.5, 0.6) is 0 Å². The summed E-state index contributed by atoms with van der Waals surface area (Å²) < 4.78 is 5.41. The second kappa shape index (κ2) is 3.75. The lowest BCUT2D eigenvalue weighted by Crippen LogP contribution is -2.16. The third-order valence-corrected chi connectivity index (χ3v) is 2.49. The van der Waals surface area contributed by atoms with Gasteiger partial charge in [-0.2, -0.15) is 0 Å². The highest BCUT2D eigenvalue weighted by atomic mass is 16.5. The van der Waals surface area contributed by atoms with Gasteiger partial charge in [0.25, 0.3) is 0 Å². The van der Waals surface area contributed by atoms with Crippen LogP contribution in [0, 0.1) is 0 Å². The van der Waals surface area contributed by atoms with Gasteiger partial charge < -0.3 is 10.5 Å². The lowest BCUT2D eigenvalue weighted by Gasteiger charge is -2.22. The van der Waals surface area contributed by atoms with E-state index in [9.17, 15) is 0 Å². The van der Waals surface area contributed by atoms with Gasteiger partial charge in [-0.05, 0) is 24.5 Å². The molecule has 0 aliphatic carbocycles. The van der Waals surface area contributed by atoms with Crippen LogP contribution in [0.4, 0.5) is 5.69 Å². The predicted octanol–water partition coefficient (Wildman–Crippen LogP) is 1.56. The molecule has 0 aromatic carbocycles. The Balaban J connectivity index is 2.18. The van der Waals surface area contributed by atoms with Crippen LogP contribution in [0.2, 0.25) is 0 Å². The summed E-state index contributed by atoms with van der Waals surface area (Å²) in [7, 11) is 0. The number of hydrogen-bond acceptors (Lipinski definition) is 3. The first-order valence-corrected chi connectivity index (χ1v) is 4.65. The normalized spacial score (nSPS) is 22.9. The summed E-state index contributed by atoms with van der Waals surface area (Å²) in [6, 6.07) is 1.85. The maximum Gasteiger partial charge on any atom is 0.0536 e. The maximum absolute atomic E-state index is 5.86. The van der Waals surface area contributed by atoms with Gasteiger partial charge in [0.1, 0.15) is 0 Å². The summed E-state index contributed by atoms with van der Waals surface area (Å²) in [5.41, 5.74) is 7.84. The average Bonchev–Trinajstić information content (AvgIpc) is 2.20. The molecule has 0 bridgehead atoms. The molecule has 1 aromatic rings.